The summed E-state index contributed by atoms with van der Waals surface area (Å²) in [6, 6.07) is 0.179. The molecule has 1 aliphatic heterocycles. The van der Waals surface area contributed by atoms with Crippen molar-refractivity contribution < 1.29 is 14.6 Å². The van der Waals surface area contributed by atoms with Crippen molar-refractivity contribution in [1.29, 1.82) is 0 Å². The minimum atomic E-state index is -0.468. The Hall–Kier alpha value is -1.56. The van der Waals surface area contributed by atoms with Crippen LogP contribution in [0.2, 0.25) is 0 Å². The Kier molecular flexibility index (Phi) is 4.88. The fraction of sp³-hybridized carbons (Fsp3) is 0.733. The van der Waals surface area contributed by atoms with Crippen LogP contribution in [-0.4, -0.2) is 51.2 Å². The molecule has 0 radical (unpaired) electrons. The zero-order valence-corrected chi connectivity index (χ0v) is 13.1. The van der Waals surface area contributed by atoms with Gasteiger partial charge >= 0.3 is 6.09 Å². The van der Waals surface area contributed by atoms with Crippen LogP contribution in [0, 0.1) is 0 Å². The van der Waals surface area contributed by atoms with Crippen molar-refractivity contribution in [3.63, 3.8) is 0 Å². The third kappa shape index (κ3) is 4.46. The molecule has 0 saturated carbocycles. The van der Waals surface area contributed by atoms with E-state index in [1.165, 1.54) is 0 Å². The molecule has 1 atom stereocenters. The van der Waals surface area contributed by atoms with Crippen LogP contribution in [0.4, 0.5) is 4.79 Å². The average molecular weight is 295 g/mol. The number of piperidine rings is 1. The molecular weight excluding hydrogens is 270 g/mol. The lowest BCUT2D eigenvalue weighted by atomic mass is 10.1. The number of aliphatic hydroxyl groups excluding tert-OH is 1. The van der Waals surface area contributed by atoms with Gasteiger partial charge in [0.05, 0.1) is 12.2 Å². The van der Waals surface area contributed by atoms with E-state index >= 15 is 0 Å². The smallest absolute Gasteiger partial charge is 0.410 e. The van der Waals surface area contributed by atoms with Crippen molar-refractivity contribution in [2.45, 2.75) is 51.7 Å². The number of amides is 1. The van der Waals surface area contributed by atoms with E-state index in [0.29, 0.717) is 13.0 Å². The largest absolute Gasteiger partial charge is 0.444 e. The van der Waals surface area contributed by atoms with Gasteiger partial charge in [-0.3, -0.25) is 4.68 Å². The highest BCUT2D eigenvalue weighted by molar-refractivity contribution is 5.68. The minimum Gasteiger partial charge on any atom is -0.444 e. The van der Waals surface area contributed by atoms with Gasteiger partial charge in [0.25, 0.3) is 0 Å². The maximum Gasteiger partial charge on any atom is 0.410 e. The van der Waals surface area contributed by atoms with Gasteiger partial charge in [-0.15, -0.1) is 0 Å². The second kappa shape index (κ2) is 6.47. The first-order valence-electron chi connectivity index (χ1n) is 7.51. The van der Waals surface area contributed by atoms with Gasteiger partial charge < -0.3 is 14.7 Å². The number of likely N-dealkylation sites (tertiary alicyclic amines) is 1. The van der Waals surface area contributed by atoms with Crippen LogP contribution in [0.1, 0.15) is 45.2 Å². The number of ether oxygens (including phenoxy) is 1. The molecule has 0 bridgehead atoms. The second-order valence-corrected chi connectivity index (χ2v) is 6.52. The van der Waals surface area contributed by atoms with Crippen LogP contribution in [0.5, 0.6) is 0 Å². The van der Waals surface area contributed by atoms with Crippen molar-refractivity contribution >= 4 is 6.09 Å². The summed E-state index contributed by atoms with van der Waals surface area (Å²) in [7, 11) is 0. The topological polar surface area (TPSA) is 67.6 Å². The molecule has 1 N–H and O–H groups in total. The van der Waals surface area contributed by atoms with E-state index < -0.39 is 5.60 Å². The number of hydrogen-bond acceptors (Lipinski definition) is 4. The van der Waals surface area contributed by atoms with E-state index in [-0.39, 0.29) is 18.7 Å². The van der Waals surface area contributed by atoms with Crippen LogP contribution in [-0.2, 0) is 11.2 Å². The number of aromatic nitrogens is 2. The molecule has 118 valence electrons. The molecule has 1 saturated heterocycles. The third-order valence-electron chi connectivity index (χ3n) is 3.48. The maximum absolute atomic E-state index is 12.1. The molecule has 1 fully saturated rings. The predicted octanol–water partition coefficient (Wildman–Crippen LogP) is 1.99. The first-order chi connectivity index (χ1) is 9.89. The van der Waals surface area contributed by atoms with Crippen LogP contribution in [0.25, 0.3) is 0 Å². The van der Waals surface area contributed by atoms with Gasteiger partial charge in [0.15, 0.2) is 0 Å². The van der Waals surface area contributed by atoms with Crippen molar-refractivity contribution in [3.05, 3.63) is 18.0 Å². The molecule has 1 aromatic heterocycles. The van der Waals surface area contributed by atoms with Crippen LogP contribution >= 0.6 is 0 Å². The highest BCUT2D eigenvalue weighted by Gasteiger charge is 2.28. The highest BCUT2D eigenvalue weighted by Crippen LogP contribution is 2.23. The molecule has 0 aromatic carbocycles. The fourth-order valence-electron chi connectivity index (χ4n) is 2.50. The monoisotopic (exact) mass is 295 g/mol. The number of hydrogen-bond donors (Lipinski definition) is 1. The first kappa shape index (κ1) is 15.8. The summed E-state index contributed by atoms with van der Waals surface area (Å²) in [4.78, 5) is 13.9. The lowest BCUT2D eigenvalue weighted by molar-refractivity contribution is 0.0167. The fourth-order valence-corrected chi connectivity index (χ4v) is 2.50. The molecule has 21 heavy (non-hydrogen) atoms. The van der Waals surface area contributed by atoms with Gasteiger partial charge in [-0.05, 0) is 45.6 Å². The standard InChI is InChI=1S/C15H25N3O3/c1-15(2,3)21-14(20)17-7-4-5-13(11-17)18-10-12(6-8-19)9-16-18/h9-10,13,19H,4-8,11H2,1-3H3. The van der Waals surface area contributed by atoms with Gasteiger partial charge in [0.2, 0.25) is 0 Å². The van der Waals surface area contributed by atoms with Gasteiger partial charge in [0.1, 0.15) is 5.60 Å². The van der Waals surface area contributed by atoms with Gasteiger partial charge in [0, 0.05) is 25.9 Å². The molecule has 1 aliphatic rings. The molecule has 0 spiro atoms. The van der Waals surface area contributed by atoms with Gasteiger partial charge in [-0.1, -0.05) is 0 Å². The summed E-state index contributed by atoms with van der Waals surface area (Å²) in [5.74, 6) is 0. The predicted molar refractivity (Wildman–Crippen MR) is 79.1 cm³/mol. The van der Waals surface area contributed by atoms with Crippen molar-refractivity contribution in [3.8, 4) is 0 Å². The molecule has 6 nitrogen and oxygen atoms in total. The summed E-state index contributed by atoms with van der Waals surface area (Å²) in [6.45, 7) is 7.11. The lowest BCUT2D eigenvalue weighted by Gasteiger charge is -2.34. The molecule has 1 amide bonds. The van der Waals surface area contributed by atoms with Crippen LogP contribution in [0.15, 0.2) is 12.4 Å². The quantitative estimate of drug-likeness (QED) is 0.926. The lowest BCUT2D eigenvalue weighted by Crippen LogP contribution is -2.43. The second-order valence-electron chi connectivity index (χ2n) is 6.52. The molecular formula is C15H25N3O3. The van der Waals surface area contributed by atoms with Crippen LogP contribution in [0.3, 0.4) is 0 Å². The first-order valence-corrected chi connectivity index (χ1v) is 7.51. The Bertz CT molecular complexity index is 479. The van der Waals surface area contributed by atoms with Crippen molar-refractivity contribution in [1.82, 2.24) is 14.7 Å². The Morgan fingerprint density at radius 2 is 2.29 bits per heavy atom. The number of aliphatic hydroxyl groups is 1. The molecule has 2 heterocycles. The normalized spacial score (nSPS) is 19.6. The highest BCUT2D eigenvalue weighted by atomic mass is 16.6. The molecule has 6 heteroatoms. The summed E-state index contributed by atoms with van der Waals surface area (Å²) in [6.07, 6.45) is 6.04. The number of nitrogens with zero attached hydrogens (tertiary/aromatic N) is 3. The average Bonchev–Trinajstić information content (AvgIpc) is 2.86. The van der Waals surface area contributed by atoms with E-state index in [1.807, 2.05) is 31.6 Å². The Balaban J connectivity index is 1.98. The Labute approximate surface area is 125 Å². The summed E-state index contributed by atoms with van der Waals surface area (Å²) < 4.78 is 7.33. The SMILES string of the molecule is CC(C)(C)OC(=O)N1CCCC(n2cc(CCO)cn2)C1. The third-order valence-corrected chi connectivity index (χ3v) is 3.48. The molecule has 1 unspecified atom stereocenters. The number of carbonyl (C=O) groups is 1. The molecule has 2 rings (SSSR count). The zero-order valence-electron chi connectivity index (χ0n) is 13.1. The zero-order chi connectivity index (χ0) is 15.5. The molecule has 1 aromatic rings. The summed E-state index contributed by atoms with van der Waals surface area (Å²) in [5, 5.41) is 13.3. The van der Waals surface area contributed by atoms with Gasteiger partial charge in [-0.25, -0.2) is 4.79 Å². The number of rotatable bonds is 3. The summed E-state index contributed by atoms with van der Waals surface area (Å²) in [5.41, 5.74) is 0.552. The van der Waals surface area contributed by atoms with E-state index in [1.54, 1.807) is 11.1 Å². The van der Waals surface area contributed by atoms with E-state index in [0.717, 1.165) is 24.9 Å². The van der Waals surface area contributed by atoms with E-state index in [9.17, 15) is 4.79 Å². The van der Waals surface area contributed by atoms with Crippen molar-refractivity contribution in [2.24, 2.45) is 0 Å². The Morgan fingerprint density at radius 1 is 1.52 bits per heavy atom. The molecule has 0 aliphatic carbocycles. The van der Waals surface area contributed by atoms with E-state index in [4.69, 9.17) is 9.84 Å². The number of carbonyl (C=O) groups excluding carboxylic acids is 1. The van der Waals surface area contributed by atoms with Gasteiger partial charge in [-0.2, -0.15) is 5.10 Å². The minimum absolute atomic E-state index is 0.125. The Morgan fingerprint density at radius 3 is 2.95 bits per heavy atom. The van der Waals surface area contributed by atoms with E-state index in [2.05, 4.69) is 5.10 Å². The van der Waals surface area contributed by atoms with Crippen LogP contribution < -0.4 is 0 Å². The maximum atomic E-state index is 12.1. The van der Waals surface area contributed by atoms with Crippen molar-refractivity contribution in [2.75, 3.05) is 19.7 Å². The summed E-state index contributed by atoms with van der Waals surface area (Å²) >= 11 is 0.